The number of hydrogen-bond acceptors (Lipinski definition) is 7. The fraction of sp³-hybridized carbons (Fsp3) is 0.367. The summed E-state index contributed by atoms with van der Waals surface area (Å²) >= 11 is 6.45. The first-order valence-corrected chi connectivity index (χ1v) is 13.3. The predicted octanol–water partition coefficient (Wildman–Crippen LogP) is 5.49. The standard InChI is InChI=1S/C30H32ClN3O4/c1-29(2)24(22-7-4-3-5-8-22)9-6-14-30(29,20-37-26-11-10-21(19-35)17-25(26)31)28-32-27(38-33-28)18-34-15-12-23(36)13-16-34/h3-11,14,17,19,23,36H,12-13,15-16,18,20H2,1-2H3. The Morgan fingerprint density at radius 3 is 2.66 bits per heavy atom. The molecule has 1 saturated heterocycles. The first-order chi connectivity index (χ1) is 18.3. The zero-order chi connectivity index (χ0) is 26.8. The van der Waals surface area contributed by atoms with Crippen molar-refractivity contribution in [2.45, 2.75) is 44.8 Å². The number of nitrogens with zero attached hydrogens (tertiary/aromatic N) is 3. The van der Waals surface area contributed by atoms with Crippen molar-refractivity contribution in [2.75, 3.05) is 19.7 Å². The van der Waals surface area contributed by atoms with E-state index in [-0.39, 0.29) is 12.7 Å². The van der Waals surface area contributed by atoms with E-state index in [1.807, 2.05) is 24.3 Å². The van der Waals surface area contributed by atoms with Crippen LogP contribution >= 0.6 is 11.6 Å². The van der Waals surface area contributed by atoms with Crippen LogP contribution in [-0.4, -0.2) is 52.2 Å². The van der Waals surface area contributed by atoms with Gasteiger partial charge in [-0.3, -0.25) is 9.69 Å². The minimum atomic E-state index is -0.778. The predicted molar refractivity (Wildman–Crippen MR) is 146 cm³/mol. The number of carbonyl (C=O) groups is 1. The number of halogens is 1. The molecule has 0 amide bonds. The molecule has 5 rings (SSSR count). The third-order valence-corrected chi connectivity index (χ3v) is 8.14. The lowest BCUT2D eigenvalue weighted by Crippen LogP contribution is -2.48. The molecule has 1 atom stereocenters. The molecule has 0 spiro atoms. The number of likely N-dealkylation sites (tertiary alicyclic amines) is 1. The van der Waals surface area contributed by atoms with Gasteiger partial charge in [-0.25, -0.2) is 0 Å². The van der Waals surface area contributed by atoms with E-state index in [9.17, 15) is 9.90 Å². The molecule has 1 fully saturated rings. The highest BCUT2D eigenvalue weighted by atomic mass is 35.5. The Bertz CT molecular complexity index is 1340. The molecule has 1 N–H and O–H groups in total. The number of hydrogen-bond donors (Lipinski definition) is 1. The maximum atomic E-state index is 11.2. The van der Waals surface area contributed by atoms with E-state index >= 15 is 0 Å². The Kier molecular flexibility index (Phi) is 7.52. The van der Waals surface area contributed by atoms with Crippen LogP contribution < -0.4 is 4.74 Å². The van der Waals surface area contributed by atoms with Gasteiger partial charge in [0, 0.05) is 24.1 Å². The molecule has 0 saturated carbocycles. The second-order valence-electron chi connectivity index (χ2n) is 10.5. The van der Waals surface area contributed by atoms with E-state index in [0.717, 1.165) is 43.4 Å². The summed E-state index contributed by atoms with van der Waals surface area (Å²) in [6.45, 7) is 6.63. The third kappa shape index (κ3) is 5.06. The summed E-state index contributed by atoms with van der Waals surface area (Å²) in [6, 6.07) is 15.2. The maximum Gasteiger partial charge on any atom is 0.240 e. The minimum Gasteiger partial charge on any atom is -0.491 e. The first-order valence-electron chi connectivity index (χ1n) is 12.9. The number of aldehydes is 1. The number of benzene rings is 2. The van der Waals surface area contributed by atoms with Gasteiger partial charge in [-0.05, 0) is 42.2 Å². The normalized spacial score (nSPS) is 21.7. The average molecular weight is 534 g/mol. The van der Waals surface area contributed by atoms with Crippen molar-refractivity contribution in [2.24, 2.45) is 5.41 Å². The van der Waals surface area contributed by atoms with Gasteiger partial charge in [0.1, 0.15) is 18.6 Å². The van der Waals surface area contributed by atoms with Gasteiger partial charge in [-0.1, -0.05) is 79.2 Å². The Morgan fingerprint density at radius 1 is 1.18 bits per heavy atom. The van der Waals surface area contributed by atoms with Crippen LogP contribution in [0, 0.1) is 5.41 Å². The number of rotatable bonds is 8. The zero-order valence-corrected chi connectivity index (χ0v) is 22.4. The molecule has 198 valence electrons. The quantitative estimate of drug-likeness (QED) is 0.383. The molecule has 1 aromatic heterocycles. The summed E-state index contributed by atoms with van der Waals surface area (Å²) in [5.41, 5.74) is 1.45. The topological polar surface area (TPSA) is 88.7 Å². The van der Waals surface area contributed by atoms with Crippen LogP contribution in [0.2, 0.25) is 5.02 Å². The second-order valence-corrected chi connectivity index (χ2v) is 10.9. The van der Waals surface area contributed by atoms with Crippen molar-refractivity contribution in [1.29, 1.82) is 0 Å². The number of piperidine rings is 1. The van der Waals surface area contributed by atoms with Crippen LogP contribution in [0.25, 0.3) is 5.57 Å². The lowest BCUT2D eigenvalue weighted by Gasteiger charge is -2.46. The van der Waals surface area contributed by atoms with Gasteiger partial charge in [0.25, 0.3) is 0 Å². The van der Waals surface area contributed by atoms with Gasteiger partial charge < -0.3 is 14.4 Å². The zero-order valence-electron chi connectivity index (χ0n) is 21.6. The fourth-order valence-corrected chi connectivity index (χ4v) is 5.60. The highest BCUT2D eigenvalue weighted by molar-refractivity contribution is 6.32. The van der Waals surface area contributed by atoms with E-state index in [2.05, 4.69) is 48.2 Å². The van der Waals surface area contributed by atoms with Crippen LogP contribution in [-0.2, 0) is 12.0 Å². The lowest BCUT2D eigenvalue weighted by molar-refractivity contribution is 0.0740. The molecule has 0 radical (unpaired) electrons. The molecule has 1 unspecified atom stereocenters. The van der Waals surface area contributed by atoms with Crippen molar-refractivity contribution < 1.29 is 19.2 Å². The molecule has 2 aliphatic rings. The van der Waals surface area contributed by atoms with Crippen LogP contribution in [0.15, 0.2) is 71.3 Å². The fourth-order valence-electron chi connectivity index (χ4n) is 5.36. The van der Waals surface area contributed by atoms with Gasteiger partial charge >= 0.3 is 0 Å². The van der Waals surface area contributed by atoms with E-state index in [4.69, 9.17) is 25.8 Å². The van der Waals surface area contributed by atoms with Crippen LogP contribution in [0.1, 0.15) is 54.3 Å². The Labute approximate surface area is 227 Å². The van der Waals surface area contributed by atoms with Gasteiger partial charge in [0.2, 0.25) is 5.89 Å². The molecule has 2 heterocycles. The number of aliphatic hydroxyl groups is 1. The summed E-state index contributed by atoms with van der Waals surface area (Å²) in [5, 5.41) is 14.7. The molecule has 0 bridgehead atoms. The summed E-state index contributed by atoms with van der Waals surface area (Å²) in [6.07, 6.45) is 8.22. The van der Waals surface area contributed by atoms with Crippen molar-refractivity contribution in [1.82, 2.24) is 15.0 Å². The van der Waals surface area contributed by atoms with Crippen molar-refractivity contribution in [3.05, 3.63) is 94.6 Å². The number of ether oxygens (including phenoxy) is 1. The van der Waals surface area contributed by atoms with Crippen molar-refractivity contribution in [3.63, 3.8) is 0 Å². The monoisotopic (exact) mass is 533 g/mol. The molecule has 3 aromatic rings. The van der Waals surface area contributed by atoms with Crippen molar-refractivity contribution in [3.8, 4) is 5.75 Å². The van der Waals surface area contributed by atoms with E-state index in [1.165, 1.54) is 0 Å². The van der Waals surface area contributed by atoms with Crippen LogP contribution in [0.5, 0.6) is 5.75 Å². The summed E-state index contributed by atoms with van der Waals surface area (Å²) < 4.78 is 12.1. The minimum absolute atomic E-state index is 0.204. The third-order valence-electron chi connectivity index (χ3n) is 7.85. The molecule has 38 heavy (non-hydrogen) atoms. The van der Waals surface area contributed by atoms with Gasteiger partial charge in [0.15, 0.2) is 5.82 Å². The summed E-state index contributed by atoms with van der Waals surface area (Å²) in [4.78, 5) is 18.3. The number of carbonyl (C=O) groups excluding carboxylic acids is 1. The molecule has 1 aliphatic heterocycles. The maximum absolute atomic E-state index is 11.2. The molecular weight excluding hydrogens is 502 g/mol. The van der Waals surface area contributed by atoms with Crippen LogP contribution in [0.4, 0.5) is 0 Å². The molecule has 7 nitrogen and oxygen atoms in total. The van der Waals surface area contributed by atoms with E-state index in [1.54, 1.807) is 18.2 Å². The molecule has 1 aliphatic carbocycles. The van der Waals surface area contributed by atoms with E-state index in [0.29, 0.717) is 34.6 Å². The SMILES string of the molecule is CC1(C)C(c2ccccc2)=CC=CC1(COc1ccc(C=O)cc1Cl)c1noc(CN2CCC(O)CC2)n1. The van der Waals surface area contributed by atoms with Crippen molar-refractivity contribution >= 4 is 23.5 Å². The summed E-state index contributed by atoms with van der Waals surface area (Å²) in [5.74, 6) is 1.55. The number of allylic oxidation sites excluding steroid dienone is 3. The number of aliphatic hydroxyl groups excluding tert-OH is 1. The highest BCUT2D eigenvalue weighted by Crippen LogP contribution is 2.53. The molecule has 2 aromatic carbocycles. The first kappa shape index (κ1) is 26.4. The van der Waals surface area contributed by atoms with Gasteiger partial charge in [-0.15, -0.1) is 0 Å². The average Bonchev–Trinajstić information content (AvgIpc) is 3.39. The lowest BCUT2D eigenvalue weighted by atomic mass is 9.58. The largest absolute Gasteiger partial charge is 0.491 e. The highest BCUT2D eigenvalue weighted by Gasteiger charge is 2.52. The Morgan fingerprint density at radius 2 is 1.95 bits per heavy atom. The Hall–Kier alpha value is -3.26. The van der Waals surface area contributed by atoms with Crippen LogP contribution in [0.3, 0.4) is 0 Å². The molecule has 8 heteroatoms. The second kappa shape index (κ2) is 10.8. The van der Waals surface area contributed by atoms with Gasteiger partial charge in [-0.2, -0.15) is 4.98 Å². The smallest absolute Gasteiger partial charge is 0.240 e. The van der Waals surface area contributed by atoms with Gasteiger partial charge in [0.05, 0.1) is 23.1 Å². The number of aromatic nitrogens is 2. The summed E-state index contributed by atoms with van der Waals surface area (Å²) in [7, 11) is 0. The van der Waals surface area contributed by atoms with E-state index < -0.39 is 10.8 Å². The Balaban J connectivity index is 1.50. The molecular formula is C30H32ClN3O4.